The van der Waals surface area contributed by atoms with Gasteiger partial charge in [0.05, 0.1) is 4.47 Å². The van der Waals surface area contributed by atoms with Gasteiger partial charge in [0.2, 0.25) is 0 Å². The van der Waals surface area contributed by atoms with Gasteiger partial charge in [0.15, 0.2) is 0 Å². The van der Waals surface area contributed by atoms with Crippen LogP contribution < -0.4 is 0 Å². The molecule has 23 heavy (non-hydrogen) atoms. The smallest absolute Gasteiger partial charge is 0.133 e. The van der Waals surface area contributed by atoms with Crippen molar-refractivity contribution in [1.82, 2.24) is 0 Å². The number of phenolic OH excluding ortho intramolecular Hbond substituents is 2. The predicted molar refractivity (Wildman–Crippen MR) is 100 cm³/mol. The van der Waals surface area contributed by atoms with Crippen LogP contribution in [0.4, 0.5) is 0 Å². The maximum absolute atomic E-state index is 10.6. The highest BCUT2D eigenvalue weighted by molar-refractivity contribution is 9.10. The summed E-state index contributed by atoms with van der Waals surface area (Å²) < 4.78 is 0.610. The number of halogens is 1. The Bertz CT molecular complexity index is 748. The molecule has 2 aromatic carbocycles. The molecule has 2 aromatic rings. The van der Waals surface area contributed by atoms with Crippen molar-refractivity contribution in [2.75, 3.05) is 0 Å². The van der Waals surface area contributed by atoms with E-state index in [0.29, 0.717) is 17.3 Å². The zero-order valence-electron chi connectivity index (χ0n) is 13.3. The van der Waals surface area contributed by atoms with Gasteiger partial charge in [-0.2, -0.15) is 0 Å². The van der Waals surface area contributed by atoms with Crippen LogP contribution >= 0.6 is 15.9 Å². The minimum absolute atomic E-state index is 0.214. The van der Waals surface area contributed by atoms with Crippen LogP contribution in [0.15, 0.2) is 54.0 Å². The fraction of sp³-hybridized carbons (Fsp3) is 0.200. The number of aryl methyl sites for hydroxylation is 1. The Labute approximate surface area is 145 Å². The average Bonchev–Trinajstić information content (AvgIpc) is 2.54. The fourth-order valence-electron chi connectivity index (χ4n) is 2.62. The van der Waals surface area contributed by atoms with Crippen molar-refractivity contribution in [3.05, 3.63) is 70.7 Å². The van der Waals surface area contributed by atoms with Crippen LogP contribution in [0, 0.1) is 0 Å². The first-order chi connectivity index (χ1) is 11.0. The van der Waals surface area contributed by atoms with Gasteiger partial charge in [-0.1, -0.05) is 25.1 Å². The number of hydrogen-bond acceptors (Lipinski definition) is 2. The van der Waals surface area contributed by atoms with Gasteiger partial charge in [-0.25, -0.2) is 0 Å². The third-order valence-corrected chi connectivity index (χ3v) is 4.44. The van der Waals surface area contributed by atoms with Crippen molar-refractivity contribution in [3.63, 3.8) is 0 Å². The summed E-state index contributed by atoms with van der Waals surface area (Å²) in [5, 5.41) is 20.8. The third kappa shape index (κ3) is 3.67. The topological polar surface area (TPSA) is 40.5 Å². The largest absolute Gasteiger partial charge is 0.507 e. The Morgan fingerprint density at radius 2 is 1.57 bits per heavy atom. The van der Waals surface area contributed by atoms with Crippen molar-refractivity contribution in [2.24, 2.45) is 0 Å². The van der Waals surface area contributed by atoms with E-state index >= 15 is 0 Å². The van der Waals surface area contributed by atoms with Crippen molar-refractivity contribution in [3.8, 4) is 22.6 Å². The highest BCUT2D eigenvalue weighted by atomic mass is 79.9. The van der Waals surface area contributed by atoms with Crippen molar-refractivity contribution < 1.29 is 10.2 Å². The molecule has 0 heterocycles. The molecule has 2 N–H and O–H groups in total. The van der Waals surface area contributed by atoms with Crippen molar-refractivity contribution in [2.45, 2.75) is 26.2 Å². The van der Waals surface area contributed by atoms with Crippen LogP contribution in [0.25, 0.3) is 11.1 Å². The van der Waals surface area contributed by atoms with Gasteiger partial charge < -0.3 is 10.2 Å². The predicted octanol–water partition coefficient (Wildman–Crippen LogP) is 5.55. The monoisotopic (exact) mass is 372 g/mol. The van der Waals surface area contributed by atoms with Gasteiger partial charge in [0.25, 0.3) is 0 Å². The molecule has 0 aliphatic rings. The summed E-state index contributed by atoms with van der Waals surface area (Å²) in [7, 11) is 0. The molecule has 3 heteroatoms. The number of aromatic hydroxyl groups is 2. The van der Waals surface area contributed by atoms with E-state index in [1.54, 1.807) is 12.2 Å². The molecule has 0 unspecified atom stereocenters. The molecule has 0 aromatic heterocycles. The second-order valence-corrected chi connectivity index (χ2v) is 6.31. The molecule has 2 rings (SSSR count). The first kappa shape index (κ1) is 17.4. The zero-order chi connectivity index (χ0) is 17.0. The normalized spacial score (nSPS) is 10.5. The maximum atomic E-state index is 10.6. The van der Waals surface area contributed by atoms with Crippen LogP contribution in [-0.4, -0.2) is 10.2 Å². The summed E-state index contributed by atoms with van der Waals surface area (Å²) in [4.78, 5) is 0. The van der Waals surface area contributed by atoms with Crippen LogP contribution in [0.5, 0.6) is 11.5 Å². The number of allylic oxidation sites excluding steroid dienone is 2. The van der Waals surface area contributed by atoms with Crippen LogP contribution in [0.1, 0.15) is 23.6 Å². The molecule has 0 amide bonds. The molecule has 0 bridgehead atoms. The van der Waals surface area contributed by atoms with E-state index in [-0.39, 0.29) is 11.5 Å². The Balaban J connectivity index is 2.67. The standard InChI is InChI=1S/C20H21BrO2/c1-4-7-14-9-13(6-3)10-17(19(14)22)16-11-15(8-5-2)20(23)18(21)12-16/h4-5,9-12,22-23H,1-2,6-8H2,3H3. The SMILES string of the molecule is C=CCc1cc(-c2cc(CC)cc(CC=C)c2O)cc(Br)c1O. The lowest BCUT2D eigenvalue weighted by molar-refractivity contribution is 0.465. The van der Waals surface area contributed by atoms with Gasteiger partial charge in [-0.15, -0.1) is 13.2 Å². The molecule has 0 spiro atoms. The molecule has 0 radical (unpaired) electrons. The van der Waals surface area contributed by atoms with Gasteiger partial charge in [0, 0.05) is 5.56 Å². The van der Waals surface area contributed by atoms with Crippen molar-refractivity contribution >= 4 is 15.9 Å². The quantitative estimate of drug-likeness (QED) is 0.652. The minimum atomic E-state index is 0.214. The lowest BCUT2D eigenvalue weighted by Gasteiger charge is -2.14. The van der Waals surface area contributed by atoms with Crippen molar-refractivity contribution in [1.29, 1.82) is 0 Å². The average molecular weight is 373 g/mol. The molecule has 0 saturated heterocycles. The van der Waals surface area contributed by atoms with Crippen LogP contribution in [-0.2, 0) is 19.3 Å². The summed E-state index contributed by atoms with van der Waals surface area (Å²) >= 11 is 3.39. The summed E-state index contributed by atoms with van der Waals surface area (Å²) in [6.07, 6.45) is 5.60. The molecule has 0 aliphatic heterocycles. The van der Waals surface area contributed by atoms with E-state index in [1.807, 2.05) is 24.3 Å². The molecule has 0 atom stereocenters. The third-order valence-electron chi connectivity index (χ3n) is 3.84. The van der Waals surface area contributed by atoms with Gasteiger partial charge in [-0.05, 0) is 75.6 Å². The fourth-order valence-corrected chi connectivity index (χ4v) is 3.12. The van der Waals surface area contributed by atoms with Crippen LogP contribution in [0.3, 0.4) is 0 Å². The number of benzene rings is 2. The summed E-state index contributed by atoms with van der Waals surface area (Å²) in [5.41, 5.74) is 4.43. The second kappa shape index (κ2) is 7.51. The van der Waals surface area contributed by atoms with Gasteiger partial charge in [0.1, 0.15) is 11.5 Å². The van der Waals surface area contributed by atoms with Gasteiger partial charge >= 0.3 is 0 Å². The maximum Gasteiger partial charge on any atom is 0.133 e. The van der Waals surface area contributed by atoms with Gasteiger partial charge in [-0.3, -0.25) is 0 Å². The Kier molecular flexibility index (Phi) is 5.67. The summed E-state index contributed by atoms with van der Waals surface area (Å²) in [6, 6.07) is 7.74. The molecule has 0 aliphatic carbocycles. The first-order valence-corrected chi connectivity index (χ1v) is 8.39. The van der Waals surface area contributed by atoms with E-state index < -0.39 is 0 Å². The van der Waals surface area contributed by atoms with Crippen LogP contribution in [0.2, 0.25) is 0 Å². The first-order valence-electron chi connectivity index (χ1n) is 7.60. The molecule has 0 fully saturated rings. The highest BCUT2D eigenvalue weighted by Gasteiger charge is 2.14. The van der Waals surface area contributed by atoms with E-state index in [0.717, 1.165) is 34.2 Å². The summed E-state index contributed by atoms with van der Waals surface area (Å²) in [5.74, 6) is 0.482. The Morgan fingerprint density at radius 3 is 2.13 bits per heavy atom. The molecule has 120 valence electrons. The highest BCUT2D eigenvalue weighted by Crippen LogP contribution is 2.39. The minimum Gasteiger partial charge on any atom is -0.507 e. The summed E-state index contributed by atoms with van der Waals surface area (Å²) in [6.45, 7) is 9.57. The van der Waals surface area contributed by atoms with E-state index in [9.17, 15) is 10.2 Å². The lowest BCUT2D eigenvalue weighted by atomic mass is 9.94. The Hall–Kier alpha value is -2.00. The molecular formula is C20H21BrO2. The number of hydrogen-bond donors (Lipinski definition) is 2. The lowest BCUT2D eigenvalue weighted by Crippen LogP contribution is -1.93. The molecular weight excluding hydrogens is 352 g/mol. The number of rotatable bonds is 6. The van der Waals surface area contributed by atoms with E-state index in [4.69, 9.17) is 0 Å². The Morgan fingerprint density at radius 1 is 0.957 bits per heavy atom. The van der Waals surface area contributed by atoms with E-state index in [2.05, 4.69) is 36.0 Å². The second-order valence-electron chi connectivity index (χ2n) is 5.46. The number of phenols is 2. The molecule has 2 nitrogen and oxygen atoms in total. The zero-order valence-corrected chi connectivity index (χ0v) is 14.9. The van der Waals surface area contributed by atoms with E-state index in [1.165, 1.54) is 0 Å². The molecule has 0 saturated carbocycles.